The summed E-state index contributed by atoms with van der Waals surface area (Å²) in [6.07, 6.45) is 3.74. The second-order valence-electron chi connectivity index (χ2n) is 5.33. The molecule has 1 nitrogen and oxygen atoms in total. The van der Waals surface area contributed by atoms with Crippen LogP contribution in [0.1, 0.15) is 46.1 Å². The smallest absolute Gasteiger partial charge is 0.00106 e. The molecule has 1 unspecified atom stereocenters. The molecule has 0 fully saturated rings. The number of rotatable bonds is 7. The zero-order chi connectivity index (χ0) is 12.0. The Hall–Kier alpha value is -0.340. The lowest BCUT2D eigenvalue weighted by molar-refractivity contribution is 0.262. The van der Waals surface area contributed by atoms with Crippen molar-refractivity contribution in [3.8, 4) is 0 Å². The molecule has 2 heteroatoms. The fourth-order valence-electron chi connectivity index (χ4n) is 1.72. The summed E-state index contributed by atoms with van der Waals surface area (Å²) in [5.74, 6) is 0. The molecule has 0 saturated heterocycles. The zero-order valence-corrected chi connectivity index (χ0v) is 11.9. The van der Waals surface area contributed by atoms with Crippen molar-refractivity contribution in [2.24, 2.45) is 5.41 Å². The minimum absolute atomic E-state index is 0.437. The van der Waals surface area contributed by atoms with Gasteiger partial charge in [0.2, 0.25) is 0 Å². The van der Waals surface area contributed by atoms with Crippen molar-refractivity contribution in [3.05, 3.63) is 22.4 Å². The first-order valence-corrected chi connectivity index (χ1v) is 7.24. The molecule has 0 spiro atoms. The van der Waals surface area contributed by atoms with Crippen LogP contribution in [-0.2, 0) is 6.42 Å². The first kappa shape index (κ1) is 13.7. The van der Waals surface area contributed by atoms with Crippen molar-refractivity contribution >= 4 is 11.3 Å². The fraction of sp³-hybridized carbons (Fsp3) is 0.714. The van der Waals surface area contributed by atoms with E-state index in [0.29, 0.717) is 11.5 Å². The molecule has 0 bridgehead atoms. The molecule has 1 heterocycles. The highest BCUT2D eigenvalue weighted by atomic mass is 32.1. The zero-order valence-electron chi connectivity index (χ0n) is 11.0. The van der Waals surface area contributed by atoms with Crippen LogP contribution in [0.5, 0.6) is 0 Å². The maximum atomic E-state index is 3.57. The highest BCUT2D eigenvalue weighted by Gasteiger charge is 2.21. The van der Waals surface area contributed by atoms with Crippen LogP contribution in [0.25, 0.3) is 0 Å². The van der Waals surface area contributed by atoms with Gasteiger partial charge in [-0.25, -0.2) is 0 Å². The van der Waals surface area contributed by atoms with Crippen LogP contribution in [-0.4, -0.2) is 12.6 Å². The first-order valence-electron chi connectivity index (χ1n) is 6.30. The summed E-state index contributed by atoms with van der Waals surface area (Å²) in [4.78, 5) is 0. The SMILES string of the molecule is CCC(C)(CCc1ccsc1)CNC(C)C. The van der Waals surface area contributed by atoms with Crippen molar-refractivity contribution < 1.29 is 0 Å². The third-order valence-corrected chi connectivity index (χ3v) is 4.12. The largest absolute Gasteiger partial charge is 0.314 e. The molecule has 1 N–H and O–H groups in total. The molecule has 1 aromatic heterocycles. The van der Waals surface area contributed by atoms with E-state index >= 15 is 0 Å². The fourth-order valence-corrected chi connectivity index (χ4v) is 2.42. The van der Waals surface area contributed by atoms with E-state index in [0.717, 1.165) is 6.54 Å². The molecule has 92 valence electrons. The van der Waals surface area contributed by atoms with Crippen molar-refractivity contribution in [3.63, 3.8) is 0 Å². The van der Waals surface area contributed by atoms with E-state index in [1.807, 2.05) is 0 Å². The lowest BCUT2D eigenvalue weighted by Gasteiger charge is -2.29. The number of hydrogen-bond acceptors (Lipinski definition) is 2. The van der Waals surface area contributed by atoms with Gasteiger partial charge in [0, 0.05) is 12.6 Å². The molecule has 1 aromatic rings. The van der Waals surface area contributed by atoms with Crippen LogP contribution >= 0.6 is 11.3 Å². The predicted octanol–water partition coefficient (Wildman–Crippen LogP) is 4.10. The summed E-state index contributed by atoms with van der Waals surface area (Å²) in [5.41, 5.74) is 1.93. The summed E-state index contributed by atoms with van der Waals surface area (Å²) in [6, 6.07) is 2.84. The van der Waals surface area contributed by atoms with E-state index in [1.165, 1.54) is 24.8 Å². The molecule has 0 saturated carbocycles. The van der Waals surface area contributed by atoms with Crippen LogP contribution in [0.3, 0.4) is 0 Å². The molecular formula is C14H25NS. The first-order chi connectivity index (χ1) is 7.56. The minimum Gasteiger partial charge on any atom is -0.314 e. The standard InChI is InChI=1S/C14H25NS/c1-5-14(4,11-15-12(2)3)8-6-13-7-9-16-10-13/h7,9-10,12,15H,5-6,8,11H2,1-4H3. The van der Waals surface area contributed by atoms with Crippen molar-refractivity contribution in [2.75, 3.05) is 6.54 Å². The Morgan fingerprint density at radius 1 is 1.44 bits per heavy atom. The van der Waals surface area contributed by atoms with Crippen molar-refractivity contribution in [1.29, 1.82) is 0 Å². The Morgan fingerprint density at radius 2 is 2.19 bits per heavy atom. The van der Waals surface area contributed by atoms with E-state index in [4.69, 9.17) is 0 Å². The van der Waals surface area contributed by atoms with Gasteiger partial charge in [0.1, 0.15) is 0 Å². The normalized spacial score (nSPS) is 15.3. The molecule has 0 aromatic carbocycles. The summed E-state index contributed by atoms with van der Waals surface area (Å²) >= 11 is 1.80. The van der Waals surface area contributed by atoms with Crippen LogP contribution in [0, 0.1) is 5.41 Å². The van der Waals surface area contributed by atoms with Gasteiger partial charge in [0.15, 0.2) is 0 Å². The quantitative estimate of drug-likeness (QED) is 0.755. The number of thiophene rings is 1. The molecule has 0 radical (unpaired) electrons. The van der Waals surface area contributed by atoms with Gasteiger partial charge >= 0.3 is 0 Å². The third kappa shape index (κ3) is 4.67. The Kier molecular flexibility index (Phi) is 5.50. The van der Waals surface area contributed by atoms with Crippen LogP contribution < -0.4 is 5.32 Å². The van der Waals surface area contributed by atoms with Gasteiger partial charge in [-0.1, -0.05) is 27.7 Å². The van der Waals surface area contributed by atoms with Crippen LogP contribution in [0.4, 0.5) is 0 Å². The van der Waals surface area contributed by atoms with Crippen molar-refractivity contribution in [1.82, 2.24) is 5.32 Å². The molecule has 0 aliphatic carbocycles. The summed E-state index contributed by atoms with van der Waals surface area (Å²) in [7, 11) is 0. The van der Waals surface area contributed by atoms with Gasteiger partial charge in [-0.15, -0.1) is 0 Å². The molecule has 16 heavy (non-hydrogen) atoms. The summed E-state index contributed by atoms with van der Waals surface area (Å²) in [6.45, 7) is 10.3. The average molecular weight is 239 g/mol. The summed E-state index contributed by atoms with van der Waals surface area (Å²) < 4.78 is 0. The molecule has 0 aliphatic heterocycles. The number of nitrogens with one attached hydrogen (secondary N) is 1. The molecule has 1 atom stereocenters. The number of hydrogen-bond donors (Lipinski definition) is 1. The lowest BCUT2D eigenvalue weighted by Crippen LogP contribution is -2.35. The molecule has 1 rings (SSSR count). The van der Waals surface area contributed by atoms with E-state index < -0.39 is 0 Å². The van der Waals surface area contributed by atoms with E-state index in [1.54, 1.807) is 11.3 Å². The van der Waals surface area contributed by atoms with Gasteiger partial charge in [0.25, 0.3) is 0 Å². The monoisotopic (exact) mass is 239 g/mol. The van der Waals surface area contributed by atoms with Crippen molar-refractivity contribution in [2.45, 2.75) is 53.0 Å². The molecule has 0 amide bonds. The topological polar surface area (TPSA) is 12.0 Å². The highest BCUT2D eigenvalue weighted by molar-refractivity contribution is 7.07. The van der Waals surface area contributed by atoms with Gasteiger partial charge in [-0.05, 0) is 47.1 Å². The van der Waals surface area contributed by atoms with Gasteiger partial charge < -0.3 is 5.32 Å². The summed E-state index contributed by atoms with van der Waals surface area (Å²) in [5, 5.41) is 8.01. The Labute approximate surface area is 104 Å². The Balaban J connectivity index is 2.40. The molecule has 0 aliphatic rings. The lowest BCUT2D eigenvalue weighted by atomic mass is 9.81. The number of aryl methyl sites for hydroxylation is 1. The maximum Gasteiger partial charge on any atom is 0.00106 e. The van der Waals surface area contributed by atoms with E-state index in [9.17, 15) is 0 Å². The second-order valence-corrected chi connectivity index (χ2v) is 6.11. The van der Waals surface area contributed by atoms with Gasteiger partial charge in [-0.2, -0.15) is 11.3 Å². The highest BCUT2D eigenvalue weighted by Crippen LogP contribution is 2.27. The van der Waals surface area contributed by atoms with Crippen LogP contribution in [0.15, 0.2) is 16.8 Å². The Morgan fingerprint density at radius 3 is 2.69 bits per heavy atom. The van der Waals surface area contributed by atoms with Gasteiger partial charge in [-0.3, -0.25) is 0 Å². The second kappa shape index (κ2) is 6.41. The predicted molar refractivity (Wildman–Crippen MR) is 74.2 cm³/mol. The minimum atomic E-state index is 0.437. The third-order valence-electron chi connectivity index (χ3n) is 3.39. The van der Waals surface area contributed by atoms with E-state index in [-0.39, 0.29) is 0 Å². The van der Waals surface area contributed by atoms with E-state index in [2.05, 4.69) is 49.8 Å². The van der Waals surface area contributed by atoms with Gasteiger partial charge in [0.05, 0.1) is 0 Å². The Bertz CT molecular complexity index is 279. The van der Waals surface area contributed by atoms with Crippen LogP contribution in [0.2, 0.25) is 0 Å². The average Bonchev–Trinajstić information content (AvgIpc) is 2.76. The molecular weight excluding hydrogens is 214 g/mol. The maximum absolute atomic E-state index is 3.57.